The first kappa shape index (κ1) is 13.6. The number of rotatable bonds is 9. The summed E-state index contributed by atoms with van der Waals surface area (Å²) >= 11 is 0. The zero-order valence-electron chi connectivity index (χ0n) is 9.54. The molecule has 0 N–H and O–H groups in total. The summed E-state index contributed by atoms with van der Waals surface area (Å²) in [5, 5.41) is 0. The molecule has 0 saturated carbocycles. The molecule has 0 amide bonds. The van der Waals surface area contributed by atoms with Crippen LogP contribution in [-0.4, -0.2) is 32.7 Å². The SMILES string of the molecule is C=C(C)CCOCC(OCC)OCC. The molecule has 0 unspecified atom stereocenters. The van der Waals surface area contributed by atoms with Crippen LogP contribution in [0.5, 0.6) is 0 Å². The molecule has 0 rings (SSSR count). The summed E-state index contributed by atoms with van der Waals surface area (Å²) in [6.07, 6.45) is 0.667. The Kier molecular flexibility index (Phi) is 8.94. The summed E-state index contributed by atoms with van der Waals surface area (Å²) in [6, 6.07) is 0. The quantitative estimate of drug-likeness (QED) is 0.326. The van der Waals surface area contributed by atoms with Crippen LogP contribution in [0.3, 0.4) is 0 Å². The Morgan fingerprint density at radius 1 is 1.21 bits per heavy atom. The van der Waals surface area contributed by atoms with Crippen molar-refractivity contribution in [3.8, 4) is 0 Å². The van der Waals surface area contributed by atoms with Crippen LogP contribution in [0, 0.1) is 0 Å². The van der Waals surface area contributed by atoms with E-state index in [4.69, 9.17) is 14.2 Å². The normalized spacial score (nSPS) is 10.9. The van der Waals surface area contributed by atoms with Crippen LogP contribution in [0.1, 0.15) is 27.2 Å². The average Bonchev–Trinajstić information content (AvgIpc) is 2.12. The second-order valence-electron chi connectivity index (χ2n) is 3.12. The molecule has 0 spiro atoms. The highest BCUT2D eigenvalue weighted by atomic mass is 16.7. The monoisotopic (exact) mass is 202 g/mol. The molecule has 0 aromatic carbocycles. The third kappa shape index (κ3) is 8.23. The molecule has 0 aliphatic heterocycles. The van der Waals surface area contributed by atoms with Gasteiger partial charge in [-0.25, -0.2) is 0 Å². The Morgan fingerprint density at radius 3 is 2.21 bits per heavy atom. The number of ether oxygens (including phenoxy) is 3. The molecule has 0 saturated heterocycles. The molecule has 0 aromatic rings. The smallest absolute Gasteiger partial charge is 0.180 e. The molecular weight excluding hydrogens is 180 g/mol. The Morgan fingerprint density at radius 2 is 1.79 bits per heavy atom. The molecule has 0 radical (unpaired) electrons. The van der Waals surface area contributed by atoms with Crippen LogP contribution in [0.15, 0.2) is 12.2 Å². The summed E-state index contributed by atoms with van der Waals surface area (Å²) in [5.74, 6) is 0. The fraction of sp³-hybridized carbons (Fsp3) is 0.818. The Bertz CT molecular complexity index is 139. The average molecular weight is 202 g/mol. The van der Waals surface area contributed by atoms with E-state index in [1.165, 1.54) is 0 Å². The van der Waals surface area contributed by atoms with Crippen LogP contribution < -0.4 is 0 Å². The van der Waals surface area contributed by atoms with Gasteiger partial charge in [-0.3, -0.25) is 0 Å². The highest BCUT2D eigenvalue weighted by Gasteiger charge is 2.06. The van der Waals surface area contributed by atoms with Crippen molar-refractivity contribution < 1.29 is 14.2 Å². The number of hydrogen-bond donors (Lipinski definition) is 0. The third-order valence-electron chi connectivity index (χ3n) is 1.63. The zero-order valence-corrected chi connectivity index (χ0v) is 9.54. The minimum Gasteiger partial charge on any atom is -0.376 e. The van der Waals surface area contributed by atoms with Crippen molar-refractivity contribution in [2.24, 2.45) is 0 Å². The molecule has 3 heteroatoms. The largest absolute Gasteiger partial charge is 0.376 e. The molecule has 84 valence electrons. The maximum Gasteiger partial charge on any atom is 0.180 e. The first-order valence-corrected chi connectivity index (χ1v) is 5.16. The second-order valence-corrected chi connectivity index (χ2v) is 3.12. The van der Waals surface area contributed by atoms with Gasteiger partial charge in [-0.2, -0.15) is 0 Å². The van der Waals surface area contributed by atoms with Gasteiger partial charge >= 0.3 is 0 Å². The van der Waals surface area contributed by atoms with Gasteiger partial charge in [-0.1, -0.05) is 5.57 Å². The van der Waals surface area contributed by atoms with Gasteiger partial charge in [0.25, 0.3) is 0 Å². The van der Waals surface area contributed by atoms with E-state index in [0.717, 1.165) is 12.0 Å². The maximum absolute atomic E-state index is 5.40. The molecule has 3 nitrogen and oxygen atoms in total. The standard InChI is InChI=1S/C11H22O3/c1-5-13-11(14-6-2)9-12-8-7-10(3)4/h11H,3,5-9H2,1-2,4H3. The van der Waals surface area contributed by atoms with Crippen molar-refractivity contribution in [2.75, 3.05) is 26.4 Å². The van der Waals surface area contributed by atoms with Crippen molar-refractivity contribution in [1.29, 1.82) is 0 Å². The van der Waals surface area contributed by atoms with Crippen LogP contribution in [-0.2, 0) is 14.2 Å². The van der Waals surface area contributed by atoms with Gasteiger partial charge in [0.2, 0.25) is 0 Å². The Labute approximate surface area is 87.0 Å². The van der Waals surface area contributed by atoms with E-state index in [-0.39, 0.29) is 6.29 Å². The topological polar surface area (TPSA) is 27.7 Å². The first-order chi connectivity index (χ1) is 6.70. The first-order valence-electron chi connectivity index (χ1n) is 5.16. The van der Waals surface area contributed by atoms with Gasteiger partial charge in [0.05, 0.1) is 13.2 Å². The summed E-state index contributed by atoms with van der Waals surface area (Å²) in [7, 11) is 0. The summed E-state index contributed by atoms with van der Waals surface area (Å²) in [5.41, 5.74) is 1.13. The van der Waals surface area contributed by atoms with Crippen LogP contribution in [0.4, 0.5) is 0 Å². The molecule has 0 bridgehead atoms. The molecule has 0 aliphatic carbocycles. The fourth-order valence-corrected chi connectivity index (χ4v) is 0.942. The van der Waals surface area contributed by atoms with Crippen molar-refractivity contribution >= 4 is 0 Å². The highest BCUT2D eigenvalue weighted by molar-refractivity contribution is 4.87. The van der Waals surface area contributed by atoms with Crippen LogP contribution in [0.25, 0.3) is 0 Å². The van der Waals surface area contributed by atoms with Gasteiger partial charge in [-0.15, -0.1) is 6.58 Å². The van der Waals surface area contributed by atoms with E-state index in [0.29, 0.717) is 26.4 Å². The van der Waals surface area contributed by atoms with Gasteiger partial charge in [0.15, 0.2) is 6.29 Å². The molecule has 0 aliphatic rings. The third-order valence-corrected chi connectivity index (χ3v) is 1.63. The van der Waals surface area contributed by atoms with E-state index in [1.54, 1.807) is 0 Å². The van der Waals surface area contributed by atoms with E-state index >= 15 is 0 Å². The molecule has 14 heavy (non-hydrogen) atoms. The maximum atomic E-state index is 5.40. The predicted octanol–water partition coefficient (Wildman–Crippen LogP) is 2.37. The summed E-state index contributed by atoms with van der Waals surface area (Å²) in [4.78, 5) is 0. The van der Waals surface area contributed by atoms with E-state index in [1.807, 2.05) is 20.8 Å². The lowest BCUT2D eigenvalue weighted by Crippen LogP contribution is -2.23. The highest BCUT2D eigenvalue weighted by Crippen LogP contribution is 1.99. The van der Waals surface area contributed by atoms with Crippen molar-refractivity contribution in [2.45, 2.75) is 33.5 Å². The molecular formula is C11H22O3. The van der Waals surface area contributed by atoms with Gasteiger partial charge in [-0.05, 0) is 27.2 Å². The van der Waals surface area contributed by atoms with E-state index in [2.05, 4.69) is 6.58 Å². The van der Waals surface area contributed by atoms with Crippen molar-refractivity contribution in [1.82, 2.24) is 0 Å². The van der Waals surface area contributed by atoms with Crippen molar-refractivity contribution in [3.05, 3.63) is 12.2 Å². The molecule has 0 atom stereocenters. The zero-order chi connectivity index (χ0) is 10.8. The van der Waals surface area contributed by atoms with Crippen molar-refractivity contribution in [3.63, 3.8) is 0 Å². The second kappa shape index (κ2) is 9.19. The Hall–Kier alpha value is -0.380. The van der Waals surface area contributed by atoms with E-state index < -0.39 is 0 Å². The van der Waals surface area contributed by atoms with Gasteiger partial charge in [0, 0.05) is 13.2 Å². The van der Waals surface area contributed by atoms with E-state index in [9.17, 15) is 0 Å². The lowest BCUT2D eigenvalue weighted by atomic mass is 10.3. The van der Waals surface area contributed by atoms with Crippen LogP contribution in [0.2, 0.25) is 0 Å². The van der Waals surface area contributed by atoms with Gasteiger partial charge in [0.1, 0.15) is 0 Å². The number of hydrogen-bond acceptors (Lipinski definition) is 3. The molecule has 0 fully saturated rings. The summed E-state index contributed by atoms with van der Waals surface area (Å²) in [6.45, 7) is 12.2. The van der Waals surface area contributed by atoms with Gasteiger partial charge < -0.3 is 14.2 Å². The minimum absolute atomic E-state index is 0.227. The predicted molar refractivity (Wildman–Crippen MR) is 57.3 cm³/mol. The minimum atomic E-state index is -0.227. The molecule has 0 aromatic heterocycles. The molecule has 0 heterocycles. The Balaban J connectivity index is 3.44. The lowest BCUT2D eigenvalue weighted by molar-refractivity contribution is -0.167. The fourth-order valence-electron chi connectivity index (χ4n) is 0.942. The summed E-state index contributed by atoms with van der Waals surface area (Å²) < 4.78 is 16.0. The van der Waals surface area contributed by atoms with Crippen LogP contribution >= 0.6 is 0 Å². The lowest BCUT2D eigenvalue weighted by Gasteiger charge is -2.16.